The Bertz CT molecular complexity index is 927. The van der Waals surface area contributed by atoms with Gasteiger partial charge in [-0.2, -0.15) is 5.26 Å². The van der Waals surface area contributed by atoms with Crippen molar-refractivity contribution in [2.75, 3.05) is 26.3 Å². The van der Waals surface area contributed by atoms with Gasteiger partial charge in [-0.3, -0.25) is 0 Å². The van der Waals surface area contributed by atoms with Crippen LogP contribution in [0.2, 0.25) is 0 Å². The van der Waals surface area contributed by atoms with Crippen molar-refractivity contribution < 1.29 is 9.84 Å². The van der Waals surface area contributed by atoms with E-state index in [9.17, 15) is 10.4 Å². The number of ether oxygens (including phenoxy) is 1. The normalized spacial score (nSPS) is 20.6. The number of aliphatic hydroxyl groups is 1. The lowest BCUT2D eigenvalue weighted by Gasteiger charge is -2.34. The minimum absolute atomic E-state index is 0.0123. The van der Waals surface area contributed by atoms with Gasteiger partial charge in [-0.1, -0.05) is 42.5 Å². The van der Waals surface area contributed by atoms with Crippen molar-refractivity contribution in [3.8, 4) is 6.07 Å². The van der Waals surface area contributed by atoms with Crippen molar-refractivity contribution in [3.63, 3.8) is 0 Å². The average Bonchev–Trinajstić information content (AvgIpc) is 2.84. The summed E-state index contributed by atoms with van der Waals surface area (Å²) in [7, 11) is 0. The molecule has 0 spiro atoms. The van der Waals surface area contributed by atoms with Crippen LogP contribution in [0, 0.1) is 11.3 Å². The highest BCUT2D eigenvalue weighted by Gasteiger charge is 2.27. The number of hydrogen-bond donors (Lipinski definition) is 1. The van der Waals surface area contributed by atoms with E-state index in [4.69, 9.17) is 9.73 Å². The van der Waals surface area contributed by atoms with Crippen molar-refractivity contribution in [2.24, 2.45) is 4.99 Å². The smallest absolute Gasteiger partial charge is 0.137 e. The van der Waals surface area contributed by atoms with E-state index in [-0.39, 0.29) is 12.7 Å². The Labute approximate surface area is 152 Å². The molecule has 0 bridgehead atoms. The third kappa shape index (κ3) is 2.90. The molecular formula is C21H19N3O2. The highest BCUT2D eigenvalue weighted by molar-refractivity contribution is 6.08. The van der Waals surface area contributed by atoms with E-state index in [1.807, 2.05) is 48.5 Å². The topological polar surface area (TPSA) is 68.9 Å². The van der Waals surface area contributed by atoms with Gasteiger partial charge in [0.25, 0.3) is 0 Å². The molecule has 0 aliphatic carbocycles. The Kier molecular flexibility index (Phi) is 4.53. The molecule has 1 N–H and O–H groups in total. The van der Waals surface area contributed by atoms with Crippen molar-refractivity contribution in [1.82, 2.24) is 4.90 Å². The number of hydrogen-bond acceptors (Lipinski definition) is 5. The van der Waals surface area contributed by atoms with Crippen LogP contribution in [0.1, 0.15) is 16.7 Å². The van der Waals surface area contributed by atoms with Gasteiger partial charge in [0.15, 0.2) is 0 Å². The van der Waals surface area contributed by atoms with Crippen molar-refractivity contribution in [3.05, 3.63) is 71.3 Å². The van der Waals surface area contributed by atoms with Gasteiger partial charge in [-0.15, -0.1) is 0 Å². The van der Waals surface area contributed by atoms with Gasteiger partial charge in [-0.05, 0) is 11.6 Å². The standard InChI is InChI=1S/C21H19N3O2/c22-10-9-17-16-5-1-2-7-19(16)21(23-20-8-4-3-6-18(17)20)24-11-12-26-15(13-24)14-25/h1-9,15,25H,11-14H2/b17-9+. The number of rotatable bonds is 1. The maximum Gasteiger partial charge on any atom is 0.137 e. The number of morpholine rings is 1. The van der Waals surface area contributed by atoms with E-state index in [2.05, 4.69) is 11.0 Å². The predicted molar refractivity (Wildman–Crippen MR) is 100 cm³/mol. The van der Waals surface area contributed by atoms with Gasteiger partial charge in [0.2, 0.25) is 0 Å². The zero-order valence-corrected chi connectivity index (χ0v) is 14.3. The summed E-state index contributed by atoms with van der Waals surface area (Å²) in [5.74, 6) is 0.858. The first-order valence-corrected chi connectivity index (χ1v) is 8.67. The minimum atomic E-state index is -0.216. The summed E-state index contributed by atoms with van der Waals surface area (Å²) in [5, 5.41) is 18.8. The second-order valence-electron chi connectivity index (χ2n) is 6.31. The summed E-state index contributed by atoms with van der Waals surface area (Å²) in [4.78, 5) is 7.12. The summed E-state index contributed by atoms with van der Waals surface area (Å²) in [6, 6.07) is 18.1. The van der Waals surface area contributed by atoms with Crippen LogP contribution in [0.15, 0.2) is 59.6 Å². The molecule has 0 aromatic heterocycles. The van der Waals surface area contributed by atoms with Crippen LogP contribution in [0.3, 0.4) is 0 Å². The second-order valence-corrected chi connectivity index (χ2v) is 6.31. The SMILES string of the molecule is N#C/C=C1/c2ccccc2N=C(N2CCOC(CO)C2)c2ccccc21. The molecule has 26 heavy (non-hydrogen) atoms. The zero-order valence-electron chi connectivity index (χ0n) is 14.3. The number of nitrogens with zero attached hydrogens (tertiary/aromatic N) is 3. The first kappa shape index (κ1) is 16.5. The number of benzene rings is 2. The van der Waals surface area contributed by atoms with Crippen molar-refractivity contribution in [1.29, 1.82) is 5.26 Å². The summed E-state index contributed by atoms with van der Waals surface area (Å²) >= 11 is 0. The first-order chi connectivity index (χ1) is 12.8. The van der Waals surface area contributed by atoms with E-state index >= 15 is 0 Å². The molecule has 1 unspecified atom stereocenters. The lowest BCUT2D eigenvalue weighted by molar-refractivity contribution is -0.0339. The second kappa shape index (κ2) is 7.12. The Morgan fingerprint density at radius 1 is 1.15 bits per heavy atom. The molecule has 2 aromatic rings. The number of aliphatic imine (C=N–C) groups is 1. The van der Waals surface area contributed by atoms with Crippen molar-refractivity contribution >= 4 is 17.1 Å². The molecule has 4 rings (SSSR count). The fraction of sp³-hybridized carbons (Fsp3) is 0.238. The molecule has 1 fully saturated rings. The lowest BCUT2D eigenvalue weighted by Crippen LogP contribution is -2.47. The molecular weight excluding hydrogens is 326 g/mol. The Morgan fingerprint density at radius 2 is 1.88 bits per heavy atom. The maximum atomic E-state index is 9.49. The van der Waals surface area contributed by atoms with E-state index < -0.39 is 0 Å². The van der Waals surface area contributed by atoms with Crippen LogP contribution in [0.4, 0.5) is 5.69 Å². The molecule has 0 saturated carbocycles. The molecule has 1 saturated heterocycles. The molecule has 130 valence electrons. The fourth-order valence-electron chi connectivity index (χ4n) is 3.51. The number of amidine groups is 1. The number of para-hydroxylation sites is 1. The van der Waals surface area contributed by atoms with Crippen LogP contribution in [0.25, 0.3) is 5.57 Å². The Balaban J connectivity index is 1.91. The van der Waals surface area contributed by atoms with Crippen molar-refractivity contribution in [2.45, 2.75) is 6.10 Å². The summed E-state index contributed by atoms with van der Waals surface area (Å²) in [5.41, 5.74) is 4.65. The quantitative estimate of drug-likeness (QED) is 0.807. The predicted octanol–water partition coefficient (Wildman–Crippen LogP) is 2.73. The van der Waals surface area contributed by atoms with Crippen LogP contribution >= 0.6 is 0 Å². The summed E-state index contributed by atoms with van der Waals surface area (Å²) in [6.45, 7) is 1.84. The largest absolute Gasteiger partial charge is 0.394 e. The average molecular weight is 345 g/mol. The van der Waals surface area contributed by atoms with E-state index in [1.54, 1.807) is 6.08 Å². The van der Waals surface area contributed by atoms with Crippen LogP contribution < -0.4 is 0 Å². The molecule has 2 heterocycles. The number of nitriles is 1. The lowest BCUT2D eigenvalue weighted by atomic mass is 9.93. The molecule has 2 aliphatic rings. The molecule has 0 amide bonds. The van der Waals surface area contributed by atoms with Crippen LogP contribution in [0.5, 0.6) is 0 Å². The maximum absolute atomic E-state index is 9.49. The minimum Gasteiger partial charge on any atom is -0.394 e. The van der Waals surface area contributed by atoms with Gasteiger partial charge in [0.05, 0.1) is 31.1 Å². The molecule has 2 aliphatic heterocycles. The van der Waals surface area contributed by atoms with E-state index in [1.165, 1.54) is 0 Å². The third-order valence-electron chi connectivity index (χ3n) is 4.73. The summed E-state index contributed by atoms with van der Waals surface area (Å²) in [6.07, 6.45) is 1.37. The van der Waals surface area contributed by atoms with E-state index in [0.29, 0.717) is 19.7 Å². The Morgan fingerprint density at radius 3 is 2.65 bits per heavy atom. The molecule has 1 atom stereocenters. The van der Waals surface area contributed by atoms with Gasteiger partial charge in [0.1, 0.15) is 5.84 Å². The number of fused-ring (bicyclic) bond motifs is 2. The number of allylic oxidation sites excluding steroid dienone is 1. The first-order valence-electron chi connectivity index (χ1n) is 8.67. The zero-order chi connectivity index (χ0) is 17.9. The van der Waals surface area contributed by atoms with Gasteiger partial charge in [0, 0.05) is 35.9 Å². The molecule has 5 nitrogen and oxygen atoms in total. The fourth-order valence-corrected chi connectivity index (χ4v) is 3.51. The molecule has 5 heteroatoms. The van der Waals surface area contributed by atoms with Gasteiger partial charge >= 0.3 is 0 Å². The Hall–Kier alpha value is -2.94. The molecule has 2 aromatic carbocycles. The molecule has 0 radical (unpaired) electrons. The third-order valence-corrected chi connectivity index (χ3v) is 4.73. The van der Waals surface area contributed by atoms with Crippen LogP contribution in [-0.4, -0.2) is 48.2 Å². The summed E-state index contributed by atoms with van der Waals surface area (Å²) < 4.78 is 5.60. The van der Waals surface area contributed by atoms with Crippen LogP contribution in [-0.2, 0) is 4.74 Å². The van der Waals surface area contributed by atoms with Gasteiger partial charge < -0.3 is 14.7 Å². The van der Waals surface area contributed by atoms with Gasteiger partial charge in [-0.25, -0.2) is 4.99 Å². The van der Waals surface area contributed by atoms with E-state index in [0.717, 1.165) is 33.8 Å². The monoisotopic (exact) mass is 345 g/mol. The highest BCUT2D eigenvalue weighted by Crippen LogP contribution is 2.37. The number of aliphatic hydroxyl groups excluding tert-OH is 1. The highest BCUT2D eigenvalue weighted by atomic mass is 16.5.